The van der Waals surface area contributed by atoms with E-state index >= 15 is 0 Å². The zero-order valence-corrected chi connectivity index (χ0v) is 10.8. The molecule has 5 nitrogen and oxygen atoms in total. The summed E-state index contributed by atoms with van der Waals surface area (Å²) in [5, 5.41) is 17.8. The number of carboxylic acid groups (broad SMARTS) is 1. The standard InChI is InChI=1S/C14H19NO4/c16-13(14(17)18)6-3-11-1-4-12(5-2-11)15-7-9-19-10-8-15/h1-2,4-5,13,16H,3,6-10H2,(H,17,18). The summed E-state index contributed by atoms with van der Waals surface area (Å²) in [6.07, 6.45) is -0.470. The van der Waals surface area contributed by atoms with Gasteiger partial charge in [0.25, 0.3) is 0 Å². The normalized spacial score (nSPS) is 17.2. The number of benzene rings is 1. The van der Waals surface area contributed by atoms with Gasteiger partial charge in [0.05, 0.1) is 13.2 Å². The van der Waals surface area contributed by atoms with E-state index in [1.54, 1.807) is 0 Å². The van der Waals surface area contributed by atoms with Crippen molar-refractivity contribution >= 4 is 11.7 Å². The average Bonchev–Trinajstić information content (AvgIpc) is 2.46. The van der Waals surface area contributed by atoms with Crippen molar-refractivity contribution in [2.24, 2.45) is 0 Å². The predicted molar refractivity (Wildman–Crippen MR) is 71.4 cm³/mol. The molecule has 0 bridgehead atoms. The van der Waals surface area contributed by atoms with Gasteiger partial charge in [-0.25, -0.2) is 4.79 Å². The lowest BCUT2D eigenvalue weighted by atomic mass is 10.1. The average molecular weight is 265 g/mol. The van der Waals surface area contributed by atoms with Crippen molar-refractivity contribution < 1.29 is 19.7 Å². The number of nitrogens with zero attached hydrogens (tertiary/aromatic N) is 1. The molecule has 0 aliphatic carbocycles. The second-order valence-electron chi connectivity index (χ2n) is 4.66. The van der Waals surface area contributed by atoms with Gasteiger partial charge in [-0.05, 0) is 30.5 Å². The Hall–Kier alpha value is -1.59. The number of ether oxygens (including phenoxy) is 1. The summed E-state index contributed by atoms with van der Waals surface area (Å²) in [6.45, 7) is 3.31. The van der Waals surface area contributed by atoms with Crippen LogP contribution in [0.2, 0.25) is 0 Å². The Morgan fingerprint density at radius 1 is 1.26 bits per heavy atom. The first-order valence-corrected chi connectivity index (χ1v) is 6.49. The largest absolute Gasteiger partial charge is 0.479 e. The van der Waals surface area contributed by atoms with Crippen LogP contribution >= 0.6 is 0 Å². The van der Waals surface area contributed by atoms with E-state index in [2.05, 4.69) is 4.90 Å². The predicted octanol–water partition coefficient (Wildman–Crippen LogP) is 0.901. The maximum atomic E-state index is 10.5. The number of aliphatic carboxylic acids is 1. The van der Waals surface area contributed by atoms with Crippen LogP contribution in [-0.4, -0.2) is 48.6 Å². The summed E-state index contributed by atoms with van der Waals surface area (Å²) in [5.74, 6) is -1.16. The number of carbonyl (C=O) groups is 1. The molecule has 1 aromatic rings. The van der Waals surface area contributed by atoms with Crippen LogP contribution in [0.15, 0.2) is 24.3 Å². The molecule has 0 aromatic heterocycles. The summed E-state index contributed by atoms with van der Waals surface area (Å²) in [6, 6.07) is 8.04. The molecule has 2 N–H and O–H groups in total. The summed E-state index contributed by atoms with van der Waals surface area (Å²) in [5.41, 5.74) is 2.20. The second kappa shape index (κ2) is 6.54. The summed E-state index contributed by atoms with van der Waals surface area (Å²) < 4.78 is 5.31. The van der Waals surface area contributed by atoms with Gasteiger partial charge in [0.2, 0.25) is 0 Å². The maximum Gasteiger partial charge on any atom is 0.332 e. The number of morpholine rings is 1. The van der Waals surface area contributed by atoms with Gasteiger partial charge in [-0.2, -0.15) is 0 Å². The highest BCUT2D eigenvalue weighted by Crippen LogP contribution is 2.17. The number of aryl methyl sites for hydroxylation is 1. The molecule has 104 valence electrons. The molecule has 1 fully saturated rings. The minimum absolute atomic E-state index is 0.242. The molecule has 1 aromatic carbocycles. The van der Waals surface area contributed by atoms with Crippen LogP contribution < -0.4 is 4.90 Å². The quantitative estimate of drug-likeness (QED) is 0.828. The monoisotopic (exact) mass is 265 g/mol. The zero-order valence-electron chi connectivity index (χ0n) is 10.8. The number of hydrogen-bond donors (Lipinski definition) is 2. The van der Waals surface area contributed by atoms with Crippen molar-refractivity contribution in [3.05, 3.63) is 29.8 Å². The van der Waals surface area contributed by atoms with Crippen molar-refractivity contribution in [2.45, 2.75) is 18.9 Å². The minimum Gasteiger partial charge on any atom is -0.479 e. The lowest BCUT2D eigenvalue weighted by Crippen LogP contribution is -2.36. The first-order chi connectivity index (χ1) is 9.16. The molecule has 2 rings (SSSR count). The smallest absolute Gasteiger partial charge is 0.332 e. The topological polar surface area (TPSA) is 70.0 Å². The summed E-state index contributed by atoms with van der Waals surface area (Å²) in [4.78, 5) is 12.8. The van der Waals surface area contributed by atoms with E-state index in [1.807, 2.05) is 24.3 Å². The molecular formula is C14H19NO4. The van der Waals surface area contributed by atoms with E-state index in [0.717, 1.165) is 37.6 Å². The van der Waals surface area contributed by atoms with E-state index in [-0.39, 0.29) is 6.42 Å². The first kappa shape index (κ1) is 13.8. The molecule has 0 saturated carbocycles. The molecule has 0 spiro atoms. The SMILES string of the molecule is O=C(O)C(O)CCc1ccc(N2CCOCC2)cc1. The lowest BCUT2D eigenvalue weighted by Gasteiger charge is -2.28. The first-order valence-electron chi connectivity index (χ1n) is 6.49. The van der Waals surface area contributed by atoms with E-state index < -0.39 is 12.1 Å². The number of rotatable bonds is 5. The Bertz CT molecular complexity index is 412. The molecule has 1 atom stereocenters. The van der Waals surface area contributed by atoms with Gasteiger partial charge in [-0.1, -0.05) is 12.1 Å². The fraction of sp³-hybridized carbons (Fsp3) is 0.500. The molecule has 0 amide bonds. The molecule has 19 heavy (non-hydrogen) atoms. The number of carboxylic acids is 1. The van der Waals surface area contributed by atoms with Gasteiger partial charge < -0.3 is 19.8 Å². The van der Waals surface area contributed by atoms with E-state index in [4.69, 9.17) is 9.84 Å². The highest BCUT2D eigenvalue weighted by atomic mass is 16.5. The number of aliphatic hydroxyl groups excluding tert-OH is 1. The molecule has 1 aliphatic heterocycles. The zero-order chi connectivity index (χ0) is 13.7. The fourth-order valence-corrected chi connectivity index (χ4v) is 2.12. The Morgan fingerprint density at radius 2 is 1.89 bits per heavy atom. The molecule has 1 saturated heterocycles. The van der Waals surface area contributed by atoms with Gasteiger partial charge in [-0.3, -0.25) is 0 Å². The molecule has 1 unspecified atom stereocenters. The number of anilines is 1. The Labute approximate surface area is 112 Å². The van der Waals surface area contributed by atoms with Crippen LogP contribution in [0, 0.1) is 0 Å². The van der Waals surface area contributed by atoms with Crippen molar-refractivity contribution in [3.63, 3.8) is 0 Å². The van der Waals surface area contributed by atoms with Gasteiger partial charge in [0, 0.05) is 18.8 Å². The third-order valence-corrected chi connectivity index (χ3v) is 3.30. The second-order valence-corrected chi connectivity index (χ2v) is 4.66. The van der Waals surface area contributed by atoms with E-state index in [1.165, 1.54) is 0 Å². The minimum atomic E-state index is -1.28. The lowest BCUT2D eigenvalue weighted by molar-refractivity contribution is -0.146. The van der Waals surface area contributed by atoms with Crippen molar-refractivity contribution in [2.75, 3.05) is 31.2 Å². The number of aliphatic hydroxyl groups is 1. The summed E-state index contributed by atoms with van der Waals surface area (Å²) in [7, 11) is 0. The van der Waals surface area contributed by atoms with Crippen molar-refractivity contribution in [1.29, 1.82) is 0 Å². The van der Waals surface area contributed by atoms with E-state index in [0.29, 0.717) is 6.42 Å². The molecule has 0 radical (unpaired) electrons. The molecule has 5 heteroatoms. The number of hydrogen-bond acceptors (Lipinski definition) is 4. The maximum absolute atomic E-state index is 10.5. The van der Waals surface area contributed by atoms with Gasteiger partial charge in [0.1, 0.15) is 0 Å². The van der Waals surface area contributed by atoms with Gasteiger partial charge >= 0.3 is 5.97 Å². The van der Waals surface area contributed by atoms with Gasteiger partial charge in [0.15, 0.2) is 6.10 Å². The Morgan fingerprint density at radius 3 is 2.47 bits per heavy atom. The van der Waals surface area contributed by atoms with Crippen molar-refractivity contribution in [3.8, 4) is 0 Å². The van der Waals surface area contributed by atoms with Crippen LogP contribution in [-0.2, 0) is 16.0 Å². The van der Waals surface area contributed by atoms with Crippen LogP contribution in [0.1, 0.15) is 12.0 Å². The third-order valence-electron chi connectivity index (χ3n) is 3.30. The Kier molecular flexibility index (Phi) is 4.76. The molecule has 1 aliphatic rings. The Balaban J connectivity index is 1.89. The van der Waals surface area contributed by atoms with Crippen LogP contribution in [0.3, 0.4) is 0 Å². The van der Waals surface area contributed by atoms with E-state index in [9.17, 15) is 9.90 Å². The van der Waals surface area contributed by atoms with Crippen LogP contribution in [0.25, 0.3) is 0 Å². The third kappa shape index (κ3) is 3.94. The van der Waals surface area contributed by atoms with Crippen LogP contribution in [0.4, 0.5) is 5.69 Å². The van der Waals surface area contributed by atoms with Crippen molar-refractivity contribution in [1.82, 2.24) is 0 Å². The highest BCUT2D eigenvalue weighted by molar-refractivity contribution is 5.71. The molecular weight excluding hydrogens is 246 g/mol. The van der Waals surface area contributed by atoms with Crippen LogP contribution in [0.5, 0.6) is 0 Å². The highest BCUT2D eigenvalue weighted by Gasteiger charge is 2.13. The summed E-state index contributed by atoms with van der Waals surface area (Å²) >= 11 is 0. The van der Waals surface area contributed by atoms with Gasteiger partial charge in [-0.15, -0.1) is 0 Å². The fourth-order valence-electron chi connectivity index (χ4n) is 2.12. The molecule has 1 heterocycles.